The van der Waals surface area contributed by atoms with E-state index in [1.54, 1.807) is 6.08 Å². The highest BCUT2D eigenvalue weighted by atomic mass is 32.2. The van der Waals surface area contributed by atoms with Gasteiger partial charge in [-0.25, -0.2) is 4.99 Å². The van der Waals surface area contributed by atoms with E-state index in [0.717, 1.165) is 23.4 Å². The molecule has 0 aromatic heterocycles. The molecule has 3 rings (SSSR count). The van der Waals surface area contributed by atoms with Crippen molar-refractivity contribution in [3.63, 3.8) is 0 Å². The summed E-state index contributed by atoms with van der Waals surface area (Å²) in [5.41, 5.74) is 2.99. The van der Waals surface area contributed by atoms with Crippen LogP contribution < -0.4 is 10.1 Å². The van der Waals surface area contributed by atoms with Gasteiger partial charge in [-0.2, -0.15) is 0 Å². The van der Waals surface area contributed by atoms with Crippen LogP contribution in [0.25, 0.3) is 6.08 Å². The van der Waals surface area contributed by atoms with Gasteiger partial charge in [-0.1, -0.05) is 56.3 Å². The predicted molar refractivity (Wildman–Crippen MR) is 118 cm³/mol. The summed E-state index contributed by atoms with van der Waals surface area (Å²) in [4.78, 5) is 17.5. The lowest BCUT2D eigenvalue weighted by molar-refractivity contribution is -0.115. The first kappa shape index (κ1) is 20.0. The van der Waals surface area contributed by atoms with Gasteiger partial charge in [0.15, 0.2) is 5.17 Å². The van der Waals surface area contributed by atoms with E-state index < -0.39 is 0 Å². The molecule has 2 aromatic rings. The number of nitrogens with zero attached hydrogens (tertiary/aromatic N) is 1. The molecular weight excluding hydrogens is 368 g/mol. The van der Waals surface area contributed by atoms with Crippen LogP contribution in [0.5, 0.6) is 5.75 Å². The Kier molecular flexibility index (Phi) is 7.09. The molecule has 1 fully saturated rings. The second-order valence-corrected chi connectivity index (χ2v) is 7.42. The Bertz CT molecular complexity index is 901. The van der Waals surface area contributed by atoms with Crippen LogP contribution in [0, 0.1) is 0 Å². The van der Waals surface area contributed by atoms with Crippen molar-refractivity contribution in [3.8, 4) is 5.75 Å². The van der Waals surface area contributed by atoms with Crippen LogP contribution >= 0.6 is 11.8 Å². The molecule has 0 atom stereocenters. The molecule has 0 aliphatic carbocycles. The molecular formula is C23H24N2O2S. The summed E-state index contributed by atoms with van der Waals surface area (Å²) in [5, 5.41) is 3.42. The summed E-state index contributed by atoms with van der Waals surface area (Å²) < 4.78 is 5.66. The summed E-state index contributed by atoms with van der Waals surface area (Å²) in [5.74, 6) is 0.568. The van der Waals surface area contributed by atoms with Crippen LogP contribution in [0.1, 0.15) is 30.9 Å². The molecule has 4 nitrogen and oxygen atoms in total. The average Bonchev–Trinajstić information content (AvgIpc) is 3.05. The van der Waals surface area contributed by atoms with E-state index in [-0.39, 0.29) is 5.91 Å². The lowest BCUT2D eigenvalue weighted by Crippen LogP contribution is -2.19. The Labute approximate surface area is 170 Å². The molecule has 0 bridgehead atoms. The van der Waals surface area contributed by atoms with Gasteiger partial charge >= 0.3 is 0 Å². The molecule has 1 aliphatic rings. The zero-order valence-corrected chi connectivity index (χ0v) is 16.8. The minimum Gasteiger partial charge on any atom is -0.489 e. The summed E-state index contributed by atoms with van der Waals surface area (Å²) in [6.07, 6.45) is 6.97. The number of nitrogens with one attached hydrogen (secondary N) is 1. The number of para-hydroxylation sites is 1. The highest BCUT2D eigenvalue weighted by Crippen LogP contribution is 2.30. The van der Waals surface area contributed by atoms with Crippen molar-refractivity contribution in [1.29, 1.82) is 0 Å². The van der Waals surface area contributed by atoms with Crippen molar-refractivity contribution >= 4 is 34.6 Å². The fraction of sp³-hybridized carbons (Fsp3) is 0.217. The topological polar surface area (TPSA) is 50.7 Å². The van der Waals surface area contributed by atoms with Gasteiger partial charge in [0.1, 0.15) is 12.4 Å². The van der Waals surface area contributed by atoms with E-state index in [9.17, 15) is 4.79 Å². The van der Waals surface area contributed by atoms with E-state index in [1.165, 1.54) is 30.2 Å². The molecule has 2 aromatic carbocycles. The van der Waals surface area contributed by atoms with Crippen molar-refractivity contribution in [1.82, 2.24) is 5.32 Å². The quantitative estimate of drug-likeness (QED) is 0.478. The molecule has 1 aliphatic heterocycles. The number of carbonyl (C=O) groups excluding carboxylic acids is 1. The van der Waals surface area contributed by atoms with E-state index in [2.05, 4.69) is 35.9 Å². The predicted octanol–water partition coefficient (Wildman–Crippen LogP) is 5.49. The van der Waals surface area contributed by atoms with Crippen LogP contribution in [-0.4, -0.2) is 17.7 Å². The Hall–Kier alpha value is -2.79. The van der Waals surface area contributed by atoms with E-state index in [4.69, 9.17) is 4.74 Å². The molecule has 1 amide bonds. The molecule has 144 valence electrons. The van der Waals surface area contributed by atoms with Crippen LogP contribution in [0.15, 0.2) is 71.1 Å². The second-order valence-electron chi connectivity index (χ2n) is 6.39. The maximum atomic E-state index is 12.3. The minimum absolute atomic E-state index is 0.151. The highest BCUT2D eigenvalue weighted by molar-refractivity contribution is 8.18. The van der Waals surface area contributed by atoms with Gasteiger partial charge in [0.25, 0.3) is 5.91 Å². The number of amides is 1. The first-order valence-electron chi connectivity index (χ1n) is 9.41. The van der Waals surface area contributed by atoms with Gasteiger partial charge < -0.3 is 10.1 Å². The fourth-order valence-corrected chi connectivity index (χ4v) is 3.57. The zero-order chi connectivity index (χ0) is 19.8. The number of aryl methyl sites for hydroxylation is 1. The summed E-state index contributed by atoms with van der Waals surface area (Å²) in [7, 11) is 0. The molecule has 28 heavy (non-hydrogen) atoms. The van der Waals surface area contributed by atoms with Gasteiger partial charge in [-0.05, 0) is 54.4 Å². The number of ether oxygens (including phenoxy) is 1. The summed E-state index contributed by atoms with van der Waals surface area (Å²) in [6, 6.07) is 15.8. The van der Waals surface area contributed by atoms with Gasteiger partial charge in [0.2, 0.25) is 0 Å². The third-order valence-corrected chi connectivity index (χ3v) is 5.11. The van der Waals surface area contributed by atoms with E-state index >= 15 is 0 Å². The number of hydrogen-bond donors (Lipinski definition) is 1. The number of rotatable bonds is 8. The van der Waals surface area contributed by atoms with Gasteiger partial charge in [0.05, 0.1) is 10.6 Å². The lowest BCUT2D eigenvalue weighted by atomic mass is 10.1. The summed E-state index contributed by atoms with van der Waals surface area (Å²) in [6.45, 7) is 6.27. The molecule has 0 radical (unpaired) electrons. The number of carbonyl (C=O) groups is 1. The van der Waals surface area contributed by atoms with Crippen molar-refractivity contribution < 1.29 is 9.53 Å². The molecule has 1 heterocycles. The van der Waals surface area contributed by atoms with Gasteiger partial charge in [0, 0.05) is 5.56 Å². The largest absolute Gasteiger partial charge is 0.489 e. The summed E-state index contributed by atoms with van der Waals surface area (Å²) >= 11 is 1.33. The van der Waals surface area contributed by atoms with Crippen LogP contribution in [0.4, 0.5) is 5.69 Å². The van der Waals surface area contributed by atoms with Crippen molar-refractivity contribution in [2.24, 2.45) is 4.99 Å². The van der Waals surface area contributed by atoms with Gasteiger partial charge in [-0.3, -0.25) is 4.79 Å². The monoisotopic (exact) mass is 392 g/mol. The number of unbranched alkanes of at least 4 members (excludes halogenated alkanes) is 1. The third kappa shape index (κ3) is 5.36. The van der Waals surface area contributed by atoms with Crippen LogP contribution in [0.2, 0.25) is 0 Å². The normalized spacial score (nSPS) is 16.4. The van der Waals surface area contributed by atoms with Crippen LogP contribution in [-0.2, 0) is 11.2 Å². The minimum atomic E-state index is -0.151. The van der Waals surface area contributed by atoms with Crippen molar-refractivity contribution in [2.75, 3.05) is 6.61 Å². The SMILES string of the molecule is C=CCOc1ccccc1/C=C1\SC(=Nc2ccc(CCCC)cc2)NC1=O. The number of amidine groups is 1. The highest BCUT2D eigenvalue weighted by Gasteiger charge is 2.24. The molecule has 0 saturated carbocycles. The molecule has 0 unspecified atom stereocenters. The molecule has 1 saturated heterocycles. The third-order valence-electron chi connectivity index (χ3n) is 4.20. The molecule has 1 N–H and O–H groups in total. The fourth-order valence-electron chi connectivity index (χ4n) is 2.74. The second kappa shape index (κ2) is 9.95. The van der Waals surface area contributed by atoms with Crippen molar-refractivity contribution in [3.05, 3.63) is 77.2 Å². The number of aliphatic imine (C=N–C) groups is 1. The smallest absolute Gasteiger partial charge is 0.264 e. The average molecular weight is 393 g/mol. The van der Waals surface area contributed by atoms with Crippen LogP contribution in [0.3, 0.4) is 0 Å². The zero-order valence-electron chi connectivity index (χ0n) is 16.0. The number of benzene rings is 2. The number of thioether (sulfide) groups is 1. The van der Waals surface area contributed by atoms with E-state index in [1.807, 2.05) is 42.5 Å². The Morgan fingerprint density at radius 1 is 1.18 bits per heavy atom. The maximum Gasteiger partial charge on any atom is 0.264 e. The lowest BCUT2D eigenvalue weighted by Gasteiger charge is -2.06. The maximum absolute atomic E-state index is 12.3. The van der Waals surface area contributed by atoms with E-state index in [0.29, 0.717) is 16.7 Å². The number of hydrogen-bond acceptors (Lipinski definition) is 4. The standard InChI is InChI=1S/C23H24N2O2S/c1-3-5-8-17-11-13-19(14-12-17)24-23-25-22(26)21(28-23)16-18-9-6-7-10-20(18)27-15-4-2/h4,6-7,9-14,16H,2-3,5,8,15H2,1H3,(H,24,25,26)/b21-16-. The molecule has 0 spiro atoms. The first-order valence-corrected chi connectivity index (χ1v) is 10.2. The Balaban J connectivity index is 1.74. The Morgan fingerprint density at radius 2 is 1.96 bits per heavy atom. The van der Waals surface area contributed by atoms with Crippen molar-refractivity contribution in [2.45, 2.75) is 26.2 Å². The Morgan fingerprint density at radius 3 is 2.71 bits per heavy atom. The van der Waals surface area contributed by atoms with Gasteiger partial charge in [-0.15, -0.1) is 0 Å². The first-order chi connectivity index (χ1) is 13.7. The molecule has 5 heteroatoms.